The fraction of sp³-hybridized carbons (Fsp3) is 0.214. The summed E-state index contributed by atoms with van der Waals surface area (Å²) in [7, 11) is 1.18. The van der Waals surface area contributed by atoms with Crippen LogP contribution in [0.1, 0.15) is 32.0 Å². The van der Waals surface area contributed by atoms with Crippen LogP contribution in [0.3, 0.4) is 0 Å². The Kier molecular flexibility index (Phi) is 8.20. The van der Waals surface area contributed by atoms with Crippen LogP contribution in [0.15, 0.2) is 71.6 Å². The van der Waals surface area contributed by atoms with Crippen molar-refractivity contribution in [2.75, 3.05) is 19.2 Å². The SMILES string of the molecule is COC(=O)c1csc(NC(=O)[C@H](Cc2ccc(C(N)=O)cc2)[N+]2(C3=C(Cc4ccccc4)OCO3)C(=O)NC(O)C2=O)n1. The van der Waals surface area contributed by atoms with E-state index in [4.69, 9.17) is 15.2 Å². The highest BCUT2D eigenvalue weighted by Crippen LogP contribution is 2.38. The maximum Gasteiger partial charge on any atom is 0.435 e. The Labute approximate surface area is 248 Å². The number of methoxy groups -OCH3 is 1. The smallest absolute Gasteiger partial charge is 0.435 e. The van der Waals surface area contributed by atoms with Crippen molar-refractivity contribution in [3.8, 4) is 0 Å². The van der Waals surface area contributed by atoms with Gasteiger partial charge in [-0.3, -0.25) is 20.2 Å². The zero-order valence-electron chi connectivity index (χ0n) is 22.6. The number of hydrogen-bond donors (Lipinski definition) is 4. The summed E-state index contributed by atoms with van der Waals surface area (Å²) < 4.78 is 14.7. The molecule has 2 aromatic carbocycles. The molecular weight excluding hydrogens is 582 g/mol. The summed E-state index contributed by atoms with van der Waals surface area (Å²) in [6, 6.07) is 12.4. The number of urea groups is 1. The van der Waals surface area contributed by atoms with Crippen molar-refractivity contribution in [1.82, 2.24) is 10.3 Å². The zero-order valence-corrected chi connectivity index (χ0v) is 23.5. The van der Waals surface area contributed by atoms with Gasteiger partial charge in [0.2, 0.25) is 18.5 Å². The Hall–Kier alpha value is -5.12. The number of carbonyl (C=O) groups excluding carboxylic acids is 5. The van der Waals surface area contributed by atoms with Crippen molar-refractivity contribution >= 4 is 46.2 Å². The Morgan fingerprint density at radius 2 is 1.86 bits per heavy atom. The number of ether oxygens (including phenoxy) is 3. The van der Waals surface area contributed by atoms with Gasteiger partial charge in [0.25, 0.3) is 12.1 Å². The second kappa shape index (κ2) is 12.0. The Bertz CT molecular complexity index is 1620. The fourth-order valence-corrected chi connectivity index (χ4v) is 5.54. The van der Waals surface area contributed by atoms with Gasteiger partial charge in [-0.1, -0.05) is 46.9 Å². The van der Waals surface area contributed by atoms with Crippen LogP contribution in [0.4, 0.5) is 9.93 Å². The van der Waals surface area contributed by atoms with Crippen molar-refractivity contribution in [2.24, 2.45) is 5.73 Å². The molecule has 5 N–H and O–H groups in total. The third kappa shape index (κ3) is 5.55. The van der Waals surface area contributed by atoms with Gasteiger partial charge >= 0.3 is 23.8 Å². The molecule has 2 aliphatic rings. The summed E-state index contributed by atoms with van der Waals surface area (Å²) in [5.74, 6) is -3.46. The predicted octanol–water partition coefficient (Wildman–Crippen LogP) is 1.38. The minimum atomic E-state index is -1.96. The highest BCUT2D eigenvalue weighted by atomic mass is 32.1. The van der Waals surface area contributed by atoms with E-state index < -0.39 is 46.5 Å². The molecule has 1 aromatic heterocycles. The fourth-order valence-electron chi connectivity index (χ4n) is 4.86. The molecule has 0 bridgehead atoms. The second-order valence-corrected chi connectivity index (χ2v) is 10.4. The Morgan fingerprint density at radius 3 is 2.49 bits per heavy atom. The van der Waals surface area contributed by atoms with E-state index in [1.165, 1.54) is 36.8 Å². The van der Waals surface area contributed by atoms with E-state index in [0.717, 1.165) is 16.9 Å². The number of aromatic nitrogens is 1. The van der Waals surface area contributed by atoms with Crippen LogP contribution in [0.25, 0.3) is 0 Å². The summed E-state index contributed by atoms with van der Waals surface area (Å²) in [4.78, 5) is 69.3. The molecule has 0 spiro atoms. The van der Waals surface area contributed by atoms with Crippen molar-refractivity contribution in [2.45, 2.75) is 25.1 Å². The highest BCUT2D eigenvalue weighted by Gasteiger charge is 2.68. The molecule has 5 rings (SSSR count). The summed E-state index contributed by atoms with van der Waals surface area (Å²) in [5.41, 5.74) is 6.72. The minimum Gasteiger partial charge on any atom is -0.464 e. The van der Waals surface area contributed by atoms with E-state index >= 15 is 0 Å². The van der Waals surface area contributed by atoms with Gasteiger partial charge in [-0.2, -0.15) is 0 Å². The molecular formula is C28H26N5O9S+. The number of carbonyl (C=O) groups is 5. The number of aliphatic hydroxyl groups excluding tert-OH is 1. The number of benzene rings is 2. The standard InChI is InChI=1S/C28H25N5O9S/c1-40-26(38)18-13-43-27(30-18)31-22(35)19(11-16-7-9-17(10-8-16)21(29)34)33(24(37)23(36)32-28(33)39)25-20(41-14-42-25)12-15-5-3-2-4-6-15/h2-10,13,19,23,36H,11-12,14H2,1H3,(H3-,29,30,31,32,34,35,39)/p+1/t19-,23?,33?/m0/s1. The molecule has 0 saturated carbocycles. The molecule has 2 aliphatic heterocycles. The molecule has 5 amide bonds. The number of rotatable bonds is 10. The number of anilines is 1. The topological polar surface area (TPSA) is 196 Å². The largest absolute Gasteiger partial charge is 0.464 e. The van der Waals surface area contributed by atoms with Crippen LogP contribution in [0.2, 0.25) is 0 Å². The van der Waals surface area contributed by atoms with Gasteiger partial charge in [0.05, 0.1) is 7.11 Å². The number of thiazole rings is 1. The minimum absolute atomic E-state index is 0.00712. The van der Waals surface area contributed by atoms with Gasteiger partial charge in [0.1, 0.15) is 0 Å². The number of allylic oxidation sites excluding steroid dienone is 1. The third-order valence-electron chi connectivity index (χ3n) is 6.92. The molecule has 43 heavy (non-hydrogen) atoms. The van der Waals surface area contributed by atoms with Crippen molar-refractivity contribution < 1.29 is 47.8 Å². The van der Waals surface area contributed by atoms with Crippen molar-refractivity contribution in [3.63, 3.8) is 0 Å². The van der Waals surface area contributed by atoms with Crippen LogP contribution in [-0.4, -0.2) is 70.5 Å². The van der Waals surface area contributed by atoms with Crippen LogP contribution < -0.4 is 16.4 Å². The first-order valence-corrected chi connectivity index (χ1v) is 13.7. The summed E-state index contributed by atoms with van der Waals surface area (Å²) in [5, 5.41) is 16.7. The maximum atomic E-state index is 14.1. The van der Waals surface area contributed by atoms with E-state index in [1.807, 2.05) is 18.2 Å². The first kappa shape index (κ1) is 29.4. The van der Waals surface area contributed by atoms with Gasteiger partial charge < -0.3 is 25.1 Å². The number of esters is 1. The van der Waals surface area contributed by atoms with Crippen molar-refractivity contribution in [1.29, 1.82) is 0 Å². The summed E-state index contributed by atoms with van der Waals surface area (Å²) >= 11 is 0.924. The first-order valence-electron chi connectivity index (χ1n) is 12.8. The van der Waals surface area contributed by atoms with Gasteiger partial charge in [-0.15, -0.1) is 11.3 Å². The predicted molar refractivity (Wildman–Crippen MR) is 149 cm³/mol. The quantitative estimate of drug-likeness (QED) is 0.148. The Morgan fingerprint density at radius 1 is 1.14 bits per heavy atom. The number of imide groups is 1. The maximum absolute atomic E-state index is 14.1. The van der Waals surface area contributed by atoms with E-state index in [2.05, 4.69) is 20.4 Å². The Balaban J connectivity index is 1.62. The normalized spacial score (nSPS) is 20.2. The number of nitrogens with two attached hydrogens (primary N) is 1. The van der Waals surface area contributed by atoms with Crippen LogP contribution in [-0.2, 0) is 36.6 Å². The number of primary amides is 1. The molecule has 1 saturated heterocycles. The average molecular weight is 609 g/mol. The van der Waals surface area contributed by atoms with E-state index in [-0.39, 0.29) is 47.7 Å². The molecule has 0 aliphatic carbocycles. The van der Waals surface area contributed by atoms with Crippen LogP contribution in [0, 0.1) is 0 Å². The van der Waals surface area contributed by atoms with Crippen LogP contribution >= 0.6 is 11.3 Å². The number of nitrogens with zero attached hydrogens (tertiary/aromatic N) is 2. The van der Waals surface area contributed by atoms with E-state index in [0.29, 0.717) is 5.56 Å². The van der Waals surface area contributed by atoms with E-state index in [9.17, 15) is 29.1 Å². The number of quaternary nitrogens is 1. The van der Waals surface area contributed by atoms with Crippen LogP contribution in [0.5, 0.6) is 0 Å². The number of nitrogens with one attached hydrogen (secondary N) is 2. The molecule has 15 heteroatoms. The van der Waals surface area contributed by atoms with Gasteiger partial charge in [-0.25, -0.2) is 19.4 Å². The molecule has 2 unspecified atom stereocenters. The summed E-state index contributed by atoms with van der Waals surface area (Å²) in [6.07, 6.45) is -2.10. The summed E-state index contributed by atoms with van der Waals surface area (Å²) in [6.45, 7) is -0.342. The molecule has 3 atom stereocenters. The molecule has 1 fully saturated rings. The second-order valence-electron chi connectivity index (χ2n) is 9.51. The number of hydrogen-bond acceptors (Lipinski definition) is 11. The number of amides is 5. The lowest BCUT2D eigenvalue weighted by atomic mass is 9.99. The lowest BCUT2D eigenvalue weighted by Crippen LogP contribution is -2.64. The molecule has 222 valence electrons. The van der Waals surface area contributed by atoms with Gasteiger partial charge in [-0.05, 0) is 23.3 Å². The number of aliphatic hydroxyl groups is 1. The first-order chi connectivity index (χ1) is 20.6. The zero-order chi connectivity index (χ0) is 30.7. The lowest BCUT2D eigenvalue weighted by Gasteiger charge is -2.33. The molecule has 3 aromatic rings. The average Bonchev–Trinajstić information content (AvgIpc) is 3.71. The highest BCUT2D eigenvalue weighted by molar-refractivity contribution is 7.14. The van der Waals surface area contributed by atoms with E-state index in [1.54, 1.807) is 12.1 Å². The molecule has 3 heterocycles. The third-order valence-corrected chi connectivity index (χ3v) is 7.68. The molecule has 14 nitrogen and oxygen atoms in total. The monoisotopic (exact) mass is 608 g/mol. The van der Waals surface area contributed by atoms with Gasteiger partial charge in [0, 0.05) is 23.8 Å². The lowest BCUT2D eigenvalue weighted by molar-refractivity contribution is -0.764. The van der Waals surface area contributed by atoms with Crippen molar-refractivity contribution in [3.05, 3.63) is 94.0 Å². The molecule has 0 radical (unpaired) electrons. The van der Waals surface area contributed by atoms with Gasteiger partial charge in [0.15, 0.2) is 16.9 Å².